The number of halogens is 3. The van der Waals surface area contributed by atoms with Crippen LogP contribution in [0, 0.1) is 0 Å². The van der Waals surface area contributed by atoms with Crippen molar-refractivity contribution in [1.82, 2.24) is 29.5 Å². The van der Waals surface area contributed by atoms with Crippen molar-refractivity contribution in [2.24, 2.45) is 0 Å². The van der Waals surface area contributed by atoms with E-state index < -0.39 is 23.7 Å². The van der Waals surface area contributed by atoms with Gasteiger partial charge >= 0.3 is 6.18 Å². The van der Waals surface area contributed by atoms with Crippen LogP contribution in [-0.2, 0) is 22.3 Å². The summed E-state index contributed by atoms with van der Waals surface area (Å²) < 4.78 is 42.1. The molecule has 264 valence electrons. The number of benzene rings is 2. The minimum absolute atomic E-state index is 0.0597. The van der Waals surface area contributed by atoms with E-state index in [-0.39, 0.29) is 18.2 Å². The third-order valence-electron chi connectivity index (χ3n) is 8.55. The van der Waals surface area contributed by atoms with Gasteiger partial charge in [-0.3, -0.25) is 14.5 Å². The van der Waals surface area contributed by atoms with Gasteiger partial charge in [0, 0.05) is 63.9 Å². The molecule has 1 aliphatic carbocycles. The van der Waals surface area contributed by atoms with Crippen molar-refractivity contribution < 1.29 is 33.0 Å². The van der Waals surface area contributed by atoms with Crippen molar-refractivity contribution in [2.45, 2.75) is 64.3 Å². The summed E-state index contributed by atoms with van der Waals surface area (Å²) in [6.45, 7) is 6.73. The Morgan fingerprint density at radius 1 is 0.898 bits per heavy atom. The standard InChI is InChI=1S/C30H35F3N8.2C2H4O2/c1-39-14-16-40(17-15-39)23-10-12-24(13-11-23)41-29-26(28(34)36-19-37-29)27(38-41)20-6-8-22(9-7-20)35-18-21-4-2-3-5-25(21)30(31,32)33;2*1-2(3)4/h2-9,19,23-24,35H,10-18H2,1H3,(H2,34,36,37);2*1H3,(H,3,4). The number of carboxylic acids is 2. The van der Waals surface area contributed by atoms with Crippen molar-refractivity contribution in [3.8, 4) is 11.3 Å². The number of nitrogens with zero attached hydrogens (tertiary/aromatic N) is 6. The fourth-order valence-corrected chi connectivity index (χ4v) is 6.20. The molecule has 49 heavy (non-hydrogen) atoms. The van der Waals surface area contributed by atoms with Crippen molar-refractivity contribution in [1.29, 1.82) is 0 Å². The number of likely N-dealkylation sites (N-methyl/N-ethyl adjacent to an activating group) is 1. The maximum atomic E-state index is 13.4. The number of nitrogens with two attached hydrogens (primary N) is 1. The molecule has 5 N–H and O–H groups in total. The number of anilines is 2. The lowest BCUT2D eigenvalue weighted by Gasteiger charge is -2.41. The molecular weight excluding hydrogens is 641 g/mol. The van der Waals surface area contributed by atoms with Gasteiger partial charge in [0.2, 0.25) is 0 Å². The Kier molecular flexibility index (Phi) is 12.5. The number of rotatable bonds is 6. The largest absolute Gasteiger partial charge is 0.481 e. The van der Waals surface area contributed by atoms with Crippen LogP contribution in [0.15, 0.2) is 54.9 Å². The van der Waals surface area contributed by atoms with E-state index in [4.69, 9.17) is 30.6 Å². The molecule has 6 rings (SSSR count). The third-order valence-corrected chi connectivity index (χ3v) is 8.55. The van der Waals surface area contributed by atoms with Crippen LogP contribution in [0.3, 0.4) is 0 Å². The lowest BCUT2D eigenvalue weighted by Crippen LogP contribution is -2.49. The van der Waals surface area contributed by atoms with E-state index in [0.29, 0.717) is 23.2 Å². The van der Waals surface area contributed by atoms with Gasteiger partial charge in [-0.1, -0.05) is 30.3 Å². The van der Waals surface area contributed by atoms with Gasteiger partial charge in [0.15, 0.2) is 5.65 Å². The Balaban J connectivity index is 0.000000612. The fourth-order valence-electron chi connectivity index (χ4n) is 6.20. The average Bonchev–Trinajstić information content (AvgIpc) is 3.45. The minimum Gasteiger partial charge on any atom is -0.481 e. The first kappa shape index (κ1) is 37.1. The Hall–Kier alpha value is -4.76. The smallest absolute Gasteiger partial charge is 0.416 e. The highest BCUT2D eigenvalue weighted by Crippen LogP contribution is 2.37. The predicted octanol–water partition coefficient (Wildman–Crippen LogP) is 5.62. The molecule has 0 atom stereocenters. The van der Waals surface area contributed by atoms with E-state index in [1.165, 1.54) is 18.5 Å². The summed E-state index contributed by atoms with van der Waals surface area (Å²) in [6.07, 6.45) is 1.40. The zero-order valence-corrected chi connectivity index (χ0v) is 27.8. The molecule has 0 unspecified atom stereocenters. The van der Waals surface area contributed by atoms with Crippen LogP contribution >= 0.6 is 0 Å². The Labute approximate surface area is 282 Å². The molecule has 0 bridgehead atoms. The van der Waals surface area contributed by atoms with Gasteiger partial charge in [0.1, 0.15) is 17.8 Å². The number of alkyl halides is 3. The summed E-state index contributed by atoms with van der Waals surface area (Å²) in [5.41, 5.74) is 8.92. The number of nitrogens with one attached hydrogen (secondary N) is 1. The Bertz CT molecular complexity index is 1680. The molecule has 2 fully saturated rings. The highest BCUT2D eigenvalue weighted by molar-refractivity contribution is 5.98. The highest BCUT2D eigenvalue weighted by Gasteiger charge is 2.33. The van der Waals surface area contributed by atoms with Crippen LogP contribution in [0.25, 0.3) is 22.3 Å². The number of fused-ring (bicyclic) bond motifs is 1. The molecule has 3 heterocycles. The topological polar surface area (TPSA) is 163 Å². The van der Waals surface area contributed by atoms with E-state index in [1.807, 2.05) is 28.9 Å². The molecule has 15 heteroatoms. The van der Waals surface area contributed by atoms with Crippen LogP contribution in [0.5, 0.6) is 0 Å². The number of nitrogen functional groups attached to an aromatic ring is 1. The van der Waals surface area contributed by atoms with Gasteiger partial charge in [0.05, 0.1) is 17.0 Å². The van der Waals surface area contributed by atoms with E-state index in [2.05, 4.69) is 32.1 Å². The molecule has 1 saturated carbocycles. The number of piperazine rings is 1. The van der Waals surface area contributed by atoms with E-state index in [0.717, 1.165) is 88.4 Å². The zero-order chi connectivity index (χ0) is 35.7. The van der Waals surface area contributed by atoms with E-state index >= 15 is 0 Å². The Morgan fingerprint density at radius 3 is 2.06 bits per heavy atom. The number of carbonyl (C=O) groups is 2. The first-order valence-electron chi connectivity index (χ1n) is 16.0. The first-order chi connectivity index (χ1) is 23.2. The van der Waals surface area contributed by atoms with Crippen LogP contribution in [0.4, 0.5) is 24.7 Å². The van der Waals surface area contributed by atoms with Crippen molar-refractivity contribution in [2.75, 3.05) is 44.3 Å². The lowest BCUT2D eigenvalue weighted by molar-refractivity contribution is -0.138. The second-order valence-electron chi connectivity index (χ2n) is 12.2. The third kappa shape index (κ3) is 10.1. The maximum absolute atomic E-state index is 13.4. The van der Waals surface area contributed by atoms with E-state index in [9.17, 15) is 13.2 Å². The van der Waals surface area contributed by atoms with Crippen LogP contribution in [-0.4, -0.2) is 91.0 Å². The van der Waals surface area contributed by atoms with Crippen LogP contribution in [0.1, 0.15) is 56.7 Å². The number of hydrogen-bond donors (Lipinski definition) is 4. The van der Waals surface area contributed by atoms with Crippen molar-refractivity contribution >= 4 is 34.5 Å². The van der Waals surface area contributed by atoms with Crippen LogP contribution in [0.2, 0.25) is 0 Å². The summed E-state index contributed by atoms with van der Waals surface area (Å²) in [4.78, 5) is 31.8. The van der Waals surface area contributed by atoms with Gasteiger partial charge in [-0.05, 0) is 56.5 Å². The minimum atomic E-state index is -4.40. The molecule has 0 spiro atoms. The van der Waals surface area contributed by atoms with Crippen molar-refractivity contribution in [3.63, 3.8) is 0 Å². The SMILES string of the molecule is CC(=O)O.CC(=O)O.CN1CCN(C2CCC(n3nc(-c4ccc(NCc5ccccc5C(F)(F)F)cc4)c4c(N)ncnc43)CC2)CC1. The van der Waals surface area contributed by atoms with Gasteiger partial charge in [-0.25, -0.2) is 14.6 Å². The summed E-state index contributed by atoms with van der Waals surface area (Å²) in [7, 11) is 2.18. The molecule has 12 nitrogen and oxygen atoms in total. The summed E-state index contributed by atoms with van der Waals surface area (Å²) >= 11 is 0. The molecule has 2 aliphatic rings. The molecule has 2 aromatic heterocycles. The summed E-state index contributed by atoms with van der Waals surface area (Å²) in [5, 5.41) is 23.7. The normalized spacial score (nSPS) is 18.5. The fraction of sp³-hybridized carbons (Fsp3) is 0.441. The van der Waals surface area contributed by atoms with E-state index in [1.54, 1.807) is 6.07 Å². The molecule has 0 amide bonds. The molecule has 2 aromatic carbocycles. The number of aromatic nitrogens is 4. The molecule has 0 radical (unpaired) electrons. The van der Waals surface area contributed by atoms with Gasteiger partial charge in [-0.15, -0.1) is 0 Å². The molecule has 4 aromatic rings. The Morgan fingerprint density at radius 2 is 1.47 bits per heavy atom. The number of aliphatic carboxylic acids is 2. The van der Waals surface area contributed by atoms with Crippen molar-refractivity contribution in [3.05, 3.63) is 66.0 Å². The summed E-state index contributed by atoms with van der Waals surface area (Å²) in [6, 6.07) is 14.0. The summed E-state index contributed by atoms with van der Waals surface area (Å²) in [5.74, 6) is -1.28. The maximum Gasteiger partial charge on any atom is 0.416 e. The number of hydrogen-bond acceptors (Lipinski definition) is 9. The van der Waals surface area contributed by atoms with Gasteiger partial charge < -0.3 is 26.2 Å². The molecule has 1 aliphatic heterocycles. The number of carboxylic acid groups (broad SMARTS) is 2. The molecular formula is C34H43F3N8O4. The zero-order valence-electron chi connectivity index (χ0n) is 27.8. The quantitative estimate of drug-likeness (QED) is 0.199. The average molecular weight is 685 g/mol. The lowest BCUT2D eigenvalue weighted by atomic mass is 9.90. The van der Waals surface area contributed by atoms with Gasteiger partial charge in [-0.2, -0.15) is 18.3 Å². The first-order valence-corrected chi connectivity index (χ1v) is 16.0. The van der Waals surface area contributed by atoms with Crippen LogP contribution < -0.4 is 11.1 Å². The second-order valence-corrected chi connectivity index (χ2v) is 12.2. The monoisotopic (exact) mass is 684 g/mol. The highest BCUT2D eigenvalue weighted by atomic mass is 19.4. The predicted molar refractivity (Wildman–Crippen MR) is 181 cm³/mol. The van der Waals surface area contributed by atoms with Gasteiger partial charge in [0.25, 0.3) is 11.9 Å². The molecule has 1 saturated heterocycles. The second kappa shape index (κ2) is 16.6.